The molecule has 0 bridgehead atoms. The summed E-state index contributed by atoms with van der Waals surface area (Å²) in [6.45, 7) is 8.94. The van der Waals surface area contributed by atoms with Gasteiger partial charge < -0.3 is 5.32 Å². The maximum Gasteiger partial charge on any atom is 0.0453 e. The number of halogens is 1. The molecule has 0 radical (unpaired) electrons. The molecule has 2 rings (SSSR count). The van der Waals surface area contributed by atoms with Gasteiger partial charge in [-0.15, -0.1) is 0 Å². The standard InChI is InChI=1S/C15H23ClN2/c1-4-13-9-17-11(2)10-18(13)12(3)14-7-5-6-8-15(14)16/h5-8,11-13,17H,4,9-10H2,1-3H3. The monoisotopic (exact) mass is 266 g/mol. The van der Waals surface area contributed by atoms with Crippen LogP contribution < -0.4 is 5.32 Å². The highest BCUT2D eigenvalue weighted by molar-refractivity contribution is 6.31. The van der Waals surface area contributed by atoms with E-state index in [1.165, 1.54) is 12.0 Å². The Morgan fingerprint density at radius 1 is 1.44 bits per heavy atom. The lowest BCUT2D eigenvalue weighted by molar-refractivity contribution is 0.0905. The topological polar surface area (TPSA) is 15.3 Å². The van der Waals surface area contributed by atoms with Crippen molar-refractivity contribution in [2.45, 2.75) is 45.3 Å². The van der Waals surface area contributed by atoms with E-state index in [4.69, 9.17) is 11.6 Å². The average Bonchev–Trinajstić information content (AvgIpc) is 2.38. The Bertz CT molecular complexity index is 394. The zero-order chi connectivity index (χ0) is 13.1. The first-order valence-electron chi connectivity index (χ1n) is 6.87. The maximum absolute atomic E-state index is 6.32. The highest BCUT2D eigenvalue weighted by Crippen LogP contribution is 2.30. The summed E-state index contributed by atoms with van der Waals surface area (Å²) in [5, 5.41) is 4.44. The summed E-state index contributed by atoms with van der Waals surface area (Å²) >= 11 is 6.32. The first kappa shape index (κ1) is 13.9. The van der Waals surface area contributed by atoms with Crippen molar-refractivity contribution < 1.29 is 0 Å². The minimum atomic E-state index is 0.383. The molecule has 1 N–H and O–H groups in total. The van der Waals surface area contributed by atoms with Gasteiger partial charge in [-0.3, -0.25) is 4.90 Å². The molecule has 2 nitrogen and oxygen atoms in total. The normalized spacial score (nSPS) is 27.1. The summed E-state index contributed by atoms with van der Waals surface area (Å²) in [5.74, 6) is 0. The van der Waals surface area contributed by atoms with Crippen molar-refractivity contribution in [3.05, 3.63) is 34.9 Å². The molecule has 100 valence electrons. The summed E-state index contributed by atoms with van der Waals surface area (Å²) in [5.41, 5.74) is 1.24. The Morgan fingerprint density at radius 3 is 2.83 bits per heavy atom. The first-order chi connectivity index (χ1) is 8.63. The lowest BCUT2D eigenvalue weighted by atomic mass is 10.00. The number of benzene rings is 1. The Labute approximate surface area is 115 Å². The van der Waals surface area contributed by atoms with Crippen LogP contribution in [-0.2, 0) is 0 Å². The average molecular weight is 267 g/mol. The zero-order valence-corrected chi connectivity index (χ0v) is 12.2. The molecule has 3 unspecified atom stereocenters. The lowest BCUT2D eigenvalue weighted by Crippen LogP contribution is -2.55. The van der Waals surface area contributed by atoms with Crippen molar-refractivity contribution >= 4 is 11.6 Å². The van der Waals surface area contributed by atoms with Gasteiger partial charge in [0.2, 0.25) is 0 Å². The van der Waals surface area contributed by atoms with Crippen LogP contribution in [0.2, 0.25) is 5.02 Å². The van der Waals surface area contributed by atoms with Crippen molar-refractivity contribution in [1.82, 2.24) is 10.2 Å². The van der Waals surface area contributed by atoms with Gasteiger partial charge in [-0.1, -0.05) is 36.7 Å². The van der Waals surface area contributed by atoms with Gasteiger partial charge in [-0.25, -0.2) is 0 Å². The third-order valence-electron chi connectivity index (χ3n) is 3.98. The van der Waals surface area contributed by atoms with Crippen LogP contribution in [0, 0.1) is 0 Å². The number of nitrogens with zero attached hydrogens (tertiary/aromatic N) is 1. The molecular formula is C15H23ClN2. The Kier molecular flexibility index (Phi) is 4.66. The maximum atomic E-state index is 6.32. The van der Waals surface area contributed by atoms with E-state index >= 15 is 0 Å². The van der Waals surface area contributed by atoms with E-state index < -0.39 is 0 Å². The first-order valence-corrected chi connectivity index (χ1v) is 7.24. The van der Waals surface area contributed by atoms with Crippen molar-refractivity contribution in [3.63, 3.8) is 0 Å². The van der Waals surface area contributed by atoms with E-state index in [-0.39, 0.29) is 0 Å². The van der Waals surface area contributed by atoms with Crippen molar-refractivity contribution in [2.75, 3.05) is 13.1 Å². The van der Waals surface area contributed by atoms with Gasteiger partial charge in [0.05, 0.1) is 0 Å². The molecule has 18 heavy (non-hydrogen) atoms. The quantitative estimate of drug-likeness (QED) is 0.901. The fraction of sp³-hybridized carbons (Fsp3) is 0.600. The second kappa shape index (κ2) is 6.05. The lowest BCUT2D eigenvalue weighted by Gasteiger charge is -2.43. The van der Waals surface area contributed by atoms with Crippen LogP contribution in [0.25, 0.3) is 0 Å². The minimum absolute atomic E-state index is 0.383. The zero-order valence-electron chi connectivity index (χ0n) is 11.5. The number of hydrogen-bond acceptors (Lipinski definition) is 2. The number of piperazine rings is 1. The van der Waals surface area contributed by atoms with Gasteiger partial charge in [0.1, 0.15) is 0 Å². The largest absolute Gasteiger partial charge is 0.311 e. The van der Waals surface area contributed by atoms with Crippen LogP contribution in [0.4, 0.5) is 0 Å². The molecule has 0 spiro atoms. The Balaban J connectivity index is 2.20. The second-order valence-corrected chi connectivity index (χ2v) is 5.67. The van der Waals surface area contributed by atoms with Crippen molar-refractivity contribution in [3.8, 4) is 0 Å². The van der Waals surface area contributed by atoms with E-state index in [0.717, 1.165) is 18.1 Å². The van der Waals surface area contributed by atoms with Crippen LogP contribution in [-0.4, -0.2) is 30.1 Å². The summed E-state index contributed by atoms with van der Waals surface area (Å²) in [6.07, 6.45) is 1.18. The smallest absolute Gasteiger partial charge is 0.0453 e. The molecule has 1 aliphatic rings. The summed E-state index contributed by atoms with van der Waals surface area (Å²) < 4.78 is 0. The molecule has 0 aromatic heterocycles. The fourth-order valence-electron chi connectivity index (χ4n) is 2.83. The highest BCUT2D eigenvalue weighted by atomic mass is 35.5. The van der Waals surface area contributed by atoms with Crippen LogP contribution in [0.5, 0.6) is 0 Å². The van der Waals surface area contributed by atoms with E-state index in [2.05, 4.69) is 43.1 Å². The second-order valence-electron chi connectivity index (χ2n) is 5.27. The van der Waals surface area contributed by atoms with Gasteiger partial charge in [0.25, 0.3) is 0 Å². The number of rotatable bonds is 3. The molecule has 1 aromatic carbocycles. The number of nitrogens with one attached hydrogen (secondary N) is 1. The van der Waals surface area contributed by atoms with Crippen molar-refractivity contribution in [2.24, 2.45) is 0 Å². The Hall–Kier alpha value is -0.570. The number of hydrogen-bond donors (Lipinski definition) is 1. The van der Waals surface area contributed by atoms with E-state index in [9.17, 15) is 0 Å². The summed E-state index contributed by atoms with van der Waals surface area (Å²) in [6, 6.07) is 9.74. The van der Waals surface area contributed by atoms with Gasteiger partial charge in [0.15, 0.2) is 0 Å². The summed E-state index contributed by atoms with van der Waals surface area (Å²) in [7, 11) is 0. The Morgan fingerprint density at radius 2 is 2.17 bits per heavy atom. The predicted octanol–water partition coefficient (Wildman–Crippen LogP) is 3.47. The highest BCUT2D eigenvalue weighted by Gasteiger charge is 2.29. The minimum Gasteiger partial charge on any atom is -0.311 e. The van der Waals surface area contributed by atoms with Gasteiger partial charge >= 0.3 is 0 Å². The fourth-order valence-corrected chi connectivity index (χ4v) is 3.12. The van der Waals surface area contributed by atoms with E-state index in [1.54, 1.807) is 0 Å². The molecule has 1 fully saturated rings. The molecule has 1 aliphatic heterocycles. The molecule has 0 saturated carbocycles. The van der Waals surface area contributed by atoms with Crippen LogP contribution in [0.1, 0.15) is 38.8 Å². The van der Waals surface area contributed by atoms with Crippen molar-refractivity contribution in [1.29, 1.82) is 0 Å². The van der Waals surface area contributed by atoms with E-state index in [1.807, 2.05) is 12.1 Å². The molecule has 0 amide bonds. The van der Waals surface area contributed by atoms with Crippen LogP contribution in [0.15, 0.2) is 24.3 Å². The third kappa shape index (κ3) is 2.87. The molecule has 1 aromatic rings. The van der Waals surface area contributed by atoms with Gasteiger partial charge in [-0.05, 0) is 31.9 Å². The molecular weight excluding hydrogens is 244 g/mol. The predicted molar refractivity (Wildman–Crippen MR) is 78.1 cm³/mol. The van der Waals surface area contributed by atoms with Crippen LogP contribution >= 0.6 is 11.6 Å². The molecule has 0 aliphatic carbocycles. The SMILES string of the molecule is CCC1CNC(C)CN1C(C)c1ccccc1Cl. The molecule has 3 heteroatoms. The van der Waals surface area contributed by atoms with Gasteiger partial charge in [-0.2, -0.15) is 0 Å². The molecule has 1 heterocycles. The molecule has 1 saturated heterocycles. The molecule has 3 atom stereocenters. The van der Waals surface area contributed by atoms with E-state index in [0.29, 0.717) is 18.1 Å². The van der Waals surface area contributed by atoms with Gasteiger partial charge in [0, 0.05) is 36.2 Å². The third-order valence-corrected chi connectivity index (χ3v) is 4.32. The van der Waals surface area contributed by atoms with Crippen LogP contribution in [0.3, 0.4) is 0 Å². The summed E-state index contributed by atoms with van der Waals surface area (Å²) in [4.78, 5) is 2.59.